The van der Waals surface area contributed by atoms with Crippen molar-refractivity contribution in [3.63, 3.8) is 0 Å². The molecule has 5 heteroatoms. The molecular formula is C15H30N2O3. The molecule has 1 aliphatic rings. The Kier molecular flexibility index (Phi) is 8.82. The van der Waals surface area contributed by atoms with Crippen molar-refractivity contribution in [3.05, 3.63) is 0 Å². The first kappa shape index (κ1) is 17.4. The number of nitrogens with one attached hydrogen (secondary N) is 1. The van der Waals surface area contributed by atoms with Crippen LogP contribution in [0.3, 0.4) is 0 Å². The van der Waals surface area contributed by atoms with E-state index in [0.717, 1.165) is 38.8 Å². The van der Waals surface area contributed by atoms with Crippen LogP contribution < -0.4 is 5.32 Å². The van der Waals surface area contributed by atoms with Crippen LogP contribution in [0.15, 0.2) is 0 Å². The molecule has 0 aromatic carbocycles. The van der Waals surface area contributed by atoms with Crippen molar-refractivity contribution < 1.29 is 14.6 Å². The molecule has 0 aromatic rings. The lowest BCUT2D eigenvalue weighted by molar-refractivity contribution is -0.129. The van der Waals surface area contributed by atoms with Crippen LogP contribution in [-0.4, -0.2) is 61.4 Å². The summed E-state index contributed by atoms with van der Waals surface area (Å²) in [5.41, 5.74) is 0. The van der Waals surface area contributed by atoms with Gasteiger partial charge in [0.2, 0.25) is 5.91 Å². The average molecular weight is 286 g/mol. The van der Waals surface area contributed by atoms with Gasteiger partial charge in [0.15, 0.2) is 0 Å². The van der Waals surface area contributed by atoms with Crippen LogP contribution in [0.2, 0.25) is 0 Å². The van der Waals surface area contributed by atoms with E-state index >= 15 is 0 Å². The molecule has 1 amide bonds. The summed E-state index contributed by atoms with van der Waals surface area (Å²) in [6.45, 7) is 7.88. The third kappa shape index (κ3) is 7.82. The van der Waals surface area contributed by atoms with Crippen LogP contribution in [0.4, 0.5) is 0 Å². The molecule has 0 radical (unpaired) electrons. The number of likely N-dealkylation sites (tertiary alicyclic amines) is 1. The van der Waals surface area contributed by atoms with Gasteiger partial charge < -0.3 is 20.1 Å². The Labute approximate surface area is 122 Å². The lowest BCUT2D eigenvalue weighted by Gasteiger charge is -2.17. The molecule has 1 fully saturated rings. The Hall–Kier alpha value is -0.650. The van der Waals surface area contributed by atoms with Crippen molar-refractivity contribution in [1.82, 2.24) is 10.2 Å². The predicted octanol–water partition coefficient (Wildman–Crippen LogP) is 1.01. The van der Waals surface area contributed by atoms with Crippen molar-refractivity contribution in [2.75, 3.05) is 39.4 Å². The van der Waals surface area contributed by atoms with E-state index in [-0.39, 0.29) is 5.91 Å². The fraction of sp³-hybridized carbons (Fsp3) is 0.933. The van der Waals surface area contributed by atoms with E-state index in [9.17, 15) is 9.90 Å². The Bertz CT molecular complexity index is 266. The second-order valence-electron chi connectivity index (χ2n) is 5.98. The van der Waals surface area contributed by atoms with E-state index in [1.165, 1.54) is 0 Å². The number of aliphatic hydroxyl groups is 1. The second-order valence-corrected chi connectivity index (χ2v) is 5.98. The monoisotopic (exact) mass is 286 g/mol. The third-order valence-corrected chi connectivity index (χ3v) is 3.50. The Morgan fingerprint density at radius 1 is 1.35 bits per heavy atom. The maximum atomic E-state index is 11.7. The molecule has 1 saturated heterocycles. The van der Waals surface area contributed by atoms with Crippen molar-refractivity contribution in [2.45, 2.75) is 45.6 Å². The van der Waals surface area contributed by atoms with Gasteiger partial charge >= 0.3 is 0 Å². The number of rotatable bonds is 10. The summed E-state index contributed by atoms with van der Waals surface area (Å²) in [7, 11) is 0. The molecule has 0 bridgehead atoms. The highest BCUT2D eigenvalue weighted by Gasteiger charge is 2.17. The quantitative estimate of drug-likeness (QED) is 0.589. The molecule has 5 nitrogen and oxygen atoms in total. The van der Waals surface area contributed by atoms with Crippen LogP contribution in [0.1, 0.15) is 39.5 Å². The molecule has 2 N–H and O–H groups in total. The van der Waals surface area contributed by atoms with Crippen molar-refractivity contribution >= 4 is 5.91 Å². The van der Waals surface area contributed by atoms with E-state index in [4.69, 9.17) is 4.74 Å². The summed E-state index contributed by atoms with van der Waals surface area (Å²) >= 11 is 0. The van der Waals surface area contributed by atoms with E-state index in [1.54, 1.807) is 0 Å². The second kappa shape index (κ2) is 10.1. The number of ether oxygens (including phenoxy) is 1. The van der Waals surface area contributed by atoms with Gasteiger partial charge in [0.05, 0.1) is 19.3 Å². The van der Waals surface area contributed by atoms with Crippen LogP contribution >= 0.6 is 0 Å². The summed E-state index contributed by atoms with van der Waals surface area (Å²) in [6.07, 6.45) is 3.86. The number of carbonyl (C=O) groups is 1. The van der Waals surface area contributed by atoms with Gasteiger partial charge in [-0.25, -0.2) is 0 Å². The van der Waals surface area contributed by atoms with Gasteiger partial charge in [0.1, 0.15) is 0 Å². The normalized spacial score (nSPS) is 16.9. The Morgan fingerprint density at radius 2 is 2.05 bits per heavy atom. The highest BCUT2D eigenvalue weighted by atomic mass is 16.5. The van der Waals surface area contributed by atoms with Gasteiger partial charge in [-0.05, 0) is 31.6 Å². The van der Waals surface area contributed by atoms with Crippen LogP contribution in [-0.2, 0) is 9.53 Å². The van der Waals surface area contributed by atoms with Crippen LogP contribution in [0, 0.1) is 5.92 Å². The highest BCUT2D eigenvalue weighted by Crippen LogP contribution is 2.06. The van der Waals surface area contributed by atoms with Crippen molar-refractivity contribution in [2.24, 2.45) is 5.92 Å². The number of aliphatic hydroxyl groups excluding tert-OH is 1. The SMILES string of the molecule is CC(C)CCCOCC(O)CNCC(=O)N1CCCC1. The van der Waals surface area contributed by atoms with Gasteiger partial charge in [-0.1, -0.05) is 13.8 Å². The number of amides is 1. The van der Waals surface area contributed by atoms with Crippen molar-refractivity contribution in [1.29, 1.82) is 0 Å². The van der Waals surface area contributed by atoms with Gasteiger partial charge in [-0.15, -0.1) is 0 Å². The average Bonchev–Trinajstić information content (AvgIpc) is 2.91. The number of nitrogens with zero attached hydrogens (tertiary/aromatic N) is 1. The topological polar surface area (TPSA) is 61.8 Å². The molecule has 118 valence electrons. The summed E-state index contributed by atoms with van der Waals surface area (Å²) in [4.78, 5) is 13.6. The lowest BCUT2D eigenvalue weighted by atomic mass is 10.1. The van der Waals surface area contributed by atoms with Gasteiger partial charge in [-0.3, -0.25) is 4.79 Å². The zero-order valence-electron chi connectivity index (χ0n) is 12.9. The maximum Gasteiger partial charge on any atom is 0.236 e. The third-order valence-electron chi connectivity index (χ3n) is 3.50. The summed E-state index contributed by atoms with van der Waals surface area (Å²) < 4.78 is 5.42. The van der Waals surface area contributed by atoms with E-state index < -0.39 is 6.10 Å². The minimum atomic E-state index is -0.541. The molecule has 1 rings (SSSR count). The molecule has 1 atom stereocenters. The summed E-state index contributed by atoms with van der Waals surface area (Å²) in [5.74, 6) is 0.828. The van der Waals surface area contributed by atoms with Crippen molar-refractivity contribution in [3.8, 4) is 0 Å². The maximum absolute atomic E-state index is 11.7. The number of hydrogen-bond acceptors (Lipinski definition) is 4. The molecular weight excluding hydrogens is 256 g/mol. The van der Waals surface area contributed by atoms with E-state index in [2.05, 4.69) is 19.2 Å². The van der Waals surface area contributed by atoms with Gasteiger partial charge in [-0.2, -0.15) is 0 Å². The minimum Gasteiger partial charge on any atom is -0.389 e. The zero-order chi connectivity index (χ0) is 14.8. The fourth-order valence-electron chi connectivity index (χ4n) is 2.30. The van der Waals surface area contributed by atoms with E-state index in [0.29, 0.717) is 32.2 Å². The lowest BCUT2D eigenvalue weighted by Crippen LogP contribution is -2.39. The standard InChI is InChI=1S/C15H30N2O3/c1-13(2)6-5-9-20-12-14(18)10-16-11-15(19)17-7-3-4-8-17/h13-14,16,18H,3-12H2,1-2H3. The molecule has 0 saturated carbocycles. The number of carbonyl (C=O) groups excluding carboxylic acids is 1. The van der Waals surface area contributed by atoms with Crippen LogP contribution in [0.5, 0.6) is 0 Å². The smallest absolute Gasteiger partial charge is 0.236 e. The summed E-state index contributed by atoms with van der Waals surface area (Å²) in [5, 5.41) is 12.7. The highest BCUT2D eigenvalue weighted by molar-refractivity contribution is 5.78. The summed E-state index contributed by atoms with van der Waals surface area (Å²) in [6, 6.07) is 0. The minimum absolute atomic E-state index is 0.132. The molecule has 0 spiro atoms. The molecule has 0 aliphatic carbocycles. The first-order valence-corrected chi connectivity index (χ1v) is 7.84. The first-order chi connectivity index (χ1) is 9.59. The fourth-order valence-corrected chi connectivity index (χ4v) is 2.30. The Balaban J connectivity index is 1.94. The molecule has 1 unspecified atom stereocenters. The first-order valence-electron chi connectivity index (χ1n) is 7.84. The Morgan fingerprint density at radius 3 is 2.70 bits per heavy atom. The van der Waals surface area contributed by atoms with E-state index in [1.807, 2.05) is 4.90 Å². The van der Waals surface area contributed by atoms with Gasteiger partial charge in [0, 0.05) is 26.2 Å². The molecule has 1 aliphatic heterocycles. The molecule has 0 aromatic heterocycles. The van der Waals surface area contributed by atoms with Crippen LogP contribution in [0.25, 0.3) is 0 Å². The number of hydrogen-bond donors (Lipinski definition) is 2. The largest absolute Gasteiger partial charge is 0.389 e. The molecule has 1 heterocycles. The zero-order valence-corrected chi connectivity index (χ0v) is 12.9. The van der Waals surface area contributed by atoms with Gasteiger partial charge in [0.25, 0.3) is 0 Å². The predicted molar refractivity (Wildman–Crippen MR) is 79.6 cm³/mol. The molecule has 20 heavy (non-hydrogen) atoms.